The minimum Gasteiger partial charge on any atom is -0.318 e. The number of H-pyrrole nitrogens is 1. The summed E-state index contributed by atoms with van der Waals surface area (Å²) in [4.78, 5) is 25.4. The van der Waals surface area contributed by atoms with E-state index in [1.54, 1.807) is 18.2 Å². The van der Waals surface area contributed by atoms with Gasteiger partial charge in [0.25, 0.3) is 5.91 Å². The number of aromatic amines is 1. The van der Waals surface area contributed by atoms with Gasteiger partial charge >= 0.3 is 0 Å². The van der Waals surface area contributed by atoms with Gasteiger partial charge in [-0.05, 0) is 18.2 Å². The normalized spacial score (nSPS) is 10.1. The number of anilines is 1. The first-order valence-electron chi connectivity index (χ1n) is 5.02. The second-order valence-electron chi connectivity index (χ2n) is 3.48. The first-order valence-corrected chi connectivity index (χ1v) is 5.78. The SMILES string of the molecule is O=C(Nc1c(Cl)cccc1Cl)c1cccc(=O)[nH]1. The van der Waals surface area contributed by atoms with Gasteiger partial charge in [0.2, 0.25) is 5.56 Å². The van der Waals surface area contributed by atoms with Crippen LogP contribution in [-0.2, 0) is 0 Å². The van der Waals surface area contributed by atoms with Crippen molar-refractivity contribution in [1.82, 2.24) is 4.98 Å². The topological polar surface area (TPSA) is 62.0 Å². The quantitative estimate of drug-likeness (QED) is 0.890. The minimum absolute atomic E-state index is 0.137. The molecule has 0 aliphatic carbocycles. The third-order valence-electron chi connectivity index (χ3n) is 2.21. The molecular formula is C12H8Cl2N2O2. The summed E-state index contributed by atoms with van der Waals surface area (Å²) in [6, 6.07) is 9.18. The van der Waals surface area contributed by atoms with Crippen molar-refractivity contribution < 1.29 is 4.79 Å². The zero-order valence-electron chi connectivity index (χ0n) is 9.04. The van der Waals surface area contributed by atoms with E-state index in [0.29, 0.717) is 15.7 Å². The molecule has 0 aliphatic rings. The Bertz CT molecular complexity index is 632. The van der Waals surface area contributed by atoms with Crippen LogP contribution in [0, 0.1) is 0 Å². The van der Waals surface area contributed by atoms with E-state index < -0.39 is 5.91 Å². The lowest BCUT2D eigenvalue weighted by Crippen LogP contribution is -2.18. The van der Waals surface area contributed by atoms with Crippen LogP contribution in [0.25, 0.3) is 0 Å². The standard InChI is InChI=1S/C12H8Cl2N2O2/c13-7-3-1-4-8(14)11(7)16-12(18)9-5-2-6-10(17)15-9/h1-6H,(H,15,17)(H,16,18). The van der Waals surface area contributed by atoms with Crippen LogP contribution < -0.4 is 10.9 Å². The highest BCUT2D eigenvalue weighted by Gasteiger charge is 2.11. The second kappa shape index (κ2) is 5.25. The number of rotatable bonds is 2. The Morgan fingerprint density at radius 2 is 1.67 bits per heavy atom. The molecule has 0 bridgehead atoms. The maximum absolute atomic E-state index is 11.9. The highest BCUT2D eigenvalue weighted by atomic mass is 35.5. The largest absolute Gasteiger partial charge is 0.318 e. The highest BCUT2D eigenvalue weighted by Crippen LogP contribution is 2.29. The predicted octanol–water partition coefficient (Wildman–Crippen LogP) is 2.93. The molecule has 6 heteroatoms. The second-order valence-corrected chi connectivity index (χ2v) is 4.29. The summed E-state index contributed by atoms with van der Waals surface area (Å²) in [5.41, 5.74) is 0.0990. The van der Waals surface area contributed by atoms with Crippen molar-refractivity contribution in [2.75, 3.05) is 5.32 Å². The number of hydrogen-bond acceptors (Lipinski definition) is 2. The van der Waals surface area contributed by atoms with Crippen molar-refractivity contribution in [2.45, 2.75) is 0 Å². The molecule has 2 aromatic rings. The Morgan fingerprint density at radius 3 is 2.28 bits per heavy atom. The van der Waals surface area contributed by atoms with Gasteiger partial charge in [-0.25, -0.2) is 0 Å². The molecule has 0 aliphatic heterocycles. The van der Waals surface area contributed by atoms with Crippen molar-refractivity contribution >= 4 is 34.8 Å². The van der Waals surface area contributed by atoms with Gasteiger partial charge in [-0.3, -0.25) is 9.59 Å². The molecule has 1 heterocycles. The van der Waals surface area contributed by atoms with E-state index in [2.05, 4.69) is 10.3 Å². The van der Waals surface area contributed by atoms with Crippen LogP contribution in [0.5, 0.6) is 0 Å². The number of benzene rings is 1. The number of amides is 1. The molecule has 0 atom stereocenters. The van der Waals surface area contributed by atoms with Crippen molar-refractivity contribution in [2.24, 2.45) is 0 Å². The van der Waals surface area contributed by atoms with E-state index in [4.69, 9.17) is 23.2 Å². The number of aromatic nitrogens is 1. The molecule has 0 unspecified atom stereocenters. The Kier molecular flexibility index (Phi) is 3.69. The summed E-state index contributed by atoms with van der Waals surface area (Å²) in [7, 11) is 0. The van der Waals surface area contributed by atoms with Crippen molar-refractivity contribution in [1.29, 1.82) is 0 Å². The molecule has 1 aromatic heterocycles. The summed E-state index contributed by atoms with van der Waals surface area (Å²) in [6.07, 6.45) is 0. The zero-order valence-corrected chi connectivity index (χ0v) is 10.5. The van der Waals surface area contributed by atoms with Crippen LogP contribution >= 0.6 is 23.2 Å². The molecule has 4 nitrogen and oxygen atoms in total. The molecule has 0 saturated carbocycles. The van der Waals surface area contributed by atoms with Gasteiger partial charge in [0.15, 0.2) is 0 Å². The molecule has 0 radical (unpaired) electrons. The van der Waals surface area contributed by atoms with Gasteiger partial charge in [0.05, 0.1) is 15.7 Å². The Morgan fingerprint density at radius 1 is 1.06 bits per heavy atom. The van der Waals surface area contributed by atoms with E-state index in [-0.39, 0.29) is 11.3 Å². The summed E-state index contributed by atoms with van der Waals surface area (Å²) in [5, 5.41) is 3.20. The lowest BCUT2D eigenvalue weighted by molar-refractivity contribution is 0.102. The first-order chi connectivity index (χ1) is 8.58. The van der Waals surface area contributed by atoms with E-state index >= 15 is 0 Å². The number of carbonyl (C=O) groups excluding carboxylic acids is 1. The van der Waals surface area contributed by atoms with Gasteiger partial charge in [-0.15, -0.1) is 0 Å². The van der Waals surface area contributed by atoms with Crippen LogP contribution in [0.2, 0.25) is 10.0 Å². The average Bonchev–Trinajstić information content (AvgIpc) is 2.34. The lowest BCUT2D eigenvalue weighted by atomic mass is 10.3. The zero-order chi connectivity index (χ0) is 13.1. The fourth-order valence-electron chi connectivity index (χ4n) is 1.38. The summed E-state index contributed by atoms with van der Waals surface area (Å²) in [6.45, 7) is 0. The molecule has 18 heavy (non-hydrogen) atoms. The number of hydrogen-bond donors (Lipinski definition) is 2. The number of para-hydroxylation sites is 1. The molecule has 0 fully saturated rings. The third kappa shape index (κ3) is 2.72. The molecule has 0 saturated heterocycles. The summed E-state index contributed by atoms with van der Waals surface area (Å²) < 4.78 is 0. The van der Waals surface area contributed by atoms with E-state index in [1.807, 2.05) is 0 Å². The fraction of sp³-hybridized carbons (Fsp3) is 0. The van der Waals surface area contributed by atoms with Gasteiger partial charge in [0.1, 0.15) is 5.69 Å². The molecular weight excluding hydrogens is 275 g/mol. The Hall–Kier alpha value is -1.78. The van der Waals surface area contributed by atoms with E-state index in [0.717, 1.165) is 0 Å². The van der Waals surface area contributed by atoms with Gasteiger partial charge in [-0.1, -0.05) is 35.3 Å². The maximum Gasteiger partial charge on any atom is 0.272 e. The van der Waals surface area contributed by atoms with E-state index in [1.165, 1.54) is 18.2 Å². The van der Waals surface area contributed by atoms with Gasteiger partial charge < -0.3 is 10.3 Å². The Balaban J connectivity index is 2.30. The Labute approximate surface area is 113 Å². The number of nitrogens with one attached hydrogen (secondary N) is 2. The highest BCUT2D eigenvalue weighted by molar-refractivity contribution is 6.39. The number of halogens is 2. The molecule has 1 amide bonds. The molecule has 92 valence electrons. The van der Waals surface area contributed by atoms with Crippen molar-refractivity contribution in [3.8, 4) is 0 Å². The molecule has 2 rings (SSSR count). The van der Waals surface area contributed by atoms with Crippen LogP contribution in [0.3, 0.4) is 0 Å². The van der Waals surface area contributed by atoms with Crippen molar-refractivity contribution in [3.05, 3.63) is 62.5 Å². The average molecular weight is 283 g/mol. The van der Waals surface area contributed by atoms with Crippen LogP contribution in [0.1, 0.15) is 10.5 Å². The summed E-state index contributed by atoms with van der Waals surface area (Å²) in [5.74, 6) is -0.484. The maximum atomic E-state index is 11.9. The molecule has 1 aromatic carbocycles. The fourth-order valence-corrected chi connectivity index (χ4v) is 1.87. The minimum atomic E-state index is -0.484. The van der Waals surface area contributed by atoms with Gasteiger partial charge in [-0.2, -0.15) is 0 Å². The van der Waals surface area contributed by atoms with E-state index in [9.17, 15) is 9.59 Å². The monoisotopic (exact) mass is 282 g/mol. The number of pyridine rings is 1. The van der Waals surface area contributed by atoms with Crippen LogP contribution in [-0.4, -0.2) is 10.9 Å². The number of carbonyl (C=O) groups is 1. The van der Waals surface area contributed by atoms with Crippen LogP contribution in [0.4, 0.5) is 5.69 Å². The first kappa shape index (κ1) is 12.7. The lowest BCUT2D eigenvalue weighted by Gasteiger charge is -2.08. The van der Waals surface area contributed by atoms with Gasteiger partial charge in [0, 0.05) is 6.07 Å². The third-order valence-corrected chi connectivity index (χ3v) is 2.84. The smallest absolute Gasteiger partial charge is 0.272 e. The molecule has 2 N–H and O–H groups in total. The van der Waals surface area contributed by atoms with Crippen LogP contribution in [0.15, 0.2) is 41.2 Å². The predicted molar refractivity (Wildman–Crippen MR) is 71.5 cm³/mol. The summed E-state index contributed by atoms with van der Waals surface area (Å²) >= 11 is 11.8. The van der Waals surface area contributed by atoms with Crippen molar-refractivity contribution in [3.63, 3.8) is 0 Å². The molecule has 0 spiro atoms.